The SMILES string of the molecule is O=C(O)c1cc(Cl)ccc1Sc1nc2ccccc2[nH]1. The van der Waals surface area contributed by atoms with Crippen molar-refractivity contribution in [1.82, 2.24) is 9.97 Å². The summed E-state index contributed by atoms with van der Waals surface area (Å²) in [6.07, 6.45) is 0. The molecule has 0 fully saturated rings. The van der Waals surface area contributed by atoms with Crippen LogP contribution in [-0.4, -0.2) is 21.0 Å². The molecule has 2 N–H and O–H groups in total. The number of fused-ring (bicyclic) bond motifs is 1. The number of aromatic carboxylic acids is 1. The second-order valence-corrected chi connectivity index (χ2v) is 5.57. The van der Waals surface area contributed by atoms with Crippen molar-refractivity contribution in [2.45, 2.75) is 10.1 Å². The van der Waals surface area contributed by atoms with Crippen molar-refractivity contribution < 1.29 is 9.90 Å². The summed E-state index contributed by atoms with van der Waals surface area (Å²) >= 11 is 7.10. The smallest absolute Gasteiger partial charge is 0.336 e. The van der Waals surface area contributed by atoms with E-state index in [0.29, 0.717) is 15.1 Å². The van der Waals surface area contributed by atoms with Crippen LogP contribution in [0.2, 0.25) is 5.02 Å². The summed E-state index contributed by atoms with van der Waals surface area (Å²) in [6.45, 7) is 0. The Labute approximate surface area is 123 Å². The van der Waals surface area contributed by atoms with Gasteiger partial charge in [0, 0.05) is 9.92 Å². The van der Waals surface area contributed by atoms with Gasteiger partial charge in [0.25, 0.3) is 0 Å². The number of nitrogens with zero attached hydrogens (tertiary/aromatic N) is 1. The summed E-state index contributed by atoms with van der Waals surface area (Å²) in [4.78, 5) is 19.4. The third-order valence-corrected chi connectivity index (χ3v) is 3.94. The maximum absolute atomic E-state index is 11.2. The molecule has 3 aromatic rings. The van der Waals surface area contributed by atoms with Gasteiger partial charge in [0.15, 0.2) is 5.16 Å². The van der Waals surface area contributed by atoms with Crippen LogP contribution in [0.5, 0.6) is 0 Å². The molecule has 6 heteroatoms. The Bertz CT molecular complexity index is 768. The Morgan fingerprint density at radius 2 is 2.05 bits per heavy atom. The lowest BCUT2D eigenvalue weighted by molar-refractivity contribution is 0.0693. The molecule has 3 rings (SSSR count). The maximum atomic E-state index is 11.2. The lowest BCUT2D eigenvalue weighted by atomic mass is 10.2. The van der Waals surface area contributed by atoms with Gasteiger partial charge in [0.05, 0.1) is 16.6 Å². The molecular formula is C14H9ClN2O2S. The van der Waals surface area contributed by atoms with Gasteiger partial charge in [-0.3, -0.25) is 0 Å². The minimum absolute atomic E-state index is 0.169. The predicted octanol–water partition coefficient (Wildman–Crippen LogP) is 4.07. The Hall–Kier alpha value is -1.98. The number of nitrogens with one attached hydrogen (secondary N) is 1. The molecule has 0 saturated carbocycles. The summed E-state index contributed by atoms with van der Waals surface area (Å²) in [7, 11) is 0. The lowest BCUT2D eigenvalue weighted by Gasteiger charge is -2.03. The number of carboxylic acid groups (broad SMARTS) is 1. The minimum Gasteiger partial charge on any atom is -0.478 e. The number of rotatable bonds is 3. The fraction of sp³-hybridized carbons (Fsp3) is 0. The van der Waals surface area contributed by atoms with E-state index in [4.69, 9.17) is 11.6 Å². The summed E-state index contributed by atoms with van der Waals surface area (Å²) in [5.41, 5.74) is 1.93. The molecule has 0 spiro atoms. The number of H-pyrrole nitrogens is 1. The molecule has 100 valence electrons. The third kappa shape index (κ3) is 2.50. The van der Waals surface area contributed by atoms with Crippen LogP contribution in [0.3, 0.4) is 0 Å². The van der Waals surface area contributed by atoms with Gasteiger partial charge in [0.2, 0.25) is 0 Å². The molecule has 0 radical (unpaired) electrons. The Morgan fingerprint density at radius 3 is 2.80 bits per heavy atom. The van der Waals surface area contributed by atoms with Crippen LogP contribution >= 0.6 is 23.4 Å². The molecule has 0 saturated heterocycles. The molecule has 20 heavy (non-hydrogen) atoms. The van der Waals surface area contributed by atoms with Gasteiger partial charge in [-0.15, -0.1) is 0 Å². The highest BCUT2D eigenvalue weighted by atomic mass is 35.5. The number of para-hydroxylation sites is 2. The fourth-order valence-corrected chi connectivity index (χ4v) is 2.92. The van der Waals surface area contributed by atoms with Crippen molar-refractivity contribution in [3.63, 3.8) is 0 Å². The topological polar surface area (TPSA) is 66.0 Å². The van der Waals surface area contributed by atoms with E-state index >= 15 is 0 Å². The monoisotopic (exact) mass is 304 g/mol. The third-order valence-electron chi connectivity index (χ3n) is 2.75. The standard InChI is InChI=1S/C14H9ClN2O2S/c15-8-5-6-12(9(7-8)13(18)19)20-14-16-10-3-1-2-4-11(10)17-14/h1-7H,(H,16,17)(H,18,19). The average molecular weight is 305 g/mol. The van der Waals surface area contributed by atoms with Crippen molar-refractivity contribution in [2.75, 3.05) is 0 Å². The van der Waals surface area contributed by atoms with E-state index in [-0.39, 0.29) is 5.56 Å². The van der Waals surface area contributed by atoms with E-state index in [1.807, 2.05) is 24.3 Å². The number of aromatic amines is 1. The normalized spacial score (nSPS) is 10.8. The summed E-state index contributed by atoms with van der Waals surface area (Å²) in [5.74, 6) is -1.01. The van der Waals surface area contributed by atoms with Crippen LogP contribution in [0.15, 0.2) is 52.5 Å². The van der Waals surface area contributed by atoms with Crippen LogP contribution in [0.4, 0.5) is 0 Å². The first-order valence-electron chi connectivity index (χ1n) is 5.79. The second-order valence-electron chi connectivity index (χ2n) is 4.11. The molecule has 0 aliphatic heterocycles. The van der Waals surface area contributed by atoms with Gasteiger partial charge >= 0.3 is 5.97 Å². The van der Waals surface area contributed by atoms with E-state index in [1.54, 1.807) is 12.1 Å². The van der Waals surface area contributed by atoms with Crippen LogP contribution in [0.1, 0.15) is 10.4 Å². The zero-order valence-electron chi connectivity index (χ0n) is 10.1. The van der Waals surface area contributed by atoms with Crippen molar-refractivity contribution in [3.8, 4) is 0 Å². The number of halogens is 1. The number of imidazole rings is 1. The minimum atomic E-state index is -1.01. The van der Waals surface area contributed by atoms with Gasteiger partial charge in [-0.2, -0.15) is 0 Å². The summed E-state index contributed by atoms with van der Waals surface area (Å²) < 4.78 is 0. The first-order valence-corrected chi connectivity index (χ1v) is 6.98. The van der Waals surface area contributed by atoms with Crippen molar-refractivity contribution in [3.05, 3.63) is 53.1 Å². The van der Waals surface area contributed by atoms with Gasteiger partial charge in [-0.25, -0.2) is 9.78 Å². The number of carboxylic acids is 1. The number of benzene rings is 2. The quantitative estimate of drug-likeness (QED) is 0.765. The van der Waals surface area contributed by atoms with Gasteiger partial charge < -0.3 is 10.1 Å². The molecule has 0 atom stereocenters. The highest BCUT2D eigenvalue weighted by Gasteiger charge is 2.13. The summed E-state index contributed by atoms with van der Waals surface area (Å²) in [6, 6.07) is 12.4. The van der Waals surface area contributed by atoms with Crippen molar-refractivity contribution in [1.29, 1.82) is 0 Å². The molecular weight excluding hydrogens is 296 g/mol. The lowest BCUT2D eigenvalue weighted by Crippen LogP contribution is -1.98. The molecule has 0 aliphatic carbocycles. The average Bonchev–Trinajstić information content (AvgIpc) is 2.82. The van der Waals surface area contributed by atoms with E-state index in [1.165, 1.54) is 17.8 Å². The van der Waals surface area contributed by atoms with E-state index < -0.39 is 5.97 Å². The molecule has 4 nitrogen and oxygen atoms in total. The summed E-state index contributed by atoms with van der Waals surface area (Å²) in [5, 5.41) is 10.3. The predicted molar refractivity (Wildman–Crippen MR) is 78.6 cm³/mol. The van der Waals surface area contributed by atoms with Crippen LogP contribution in [0, 0.1) is 0 Å². The van der Waals surface area contributed by atoms with Gasteiger partial charge in [-0.1, -0.05) is 35.5 Å². The molecule has 1 heterocycles. The van der Waals surface area contributed by atoms with Crippen LogP contribution < -0.4 is 0 Å². The molecule has 0 bridgehead atoms. The fourth-order valence-electron chi connectivity index (χ4n) is 1.84. The first-order chi connectivity index (χ1) is 9.63. The van der Waals surface area contributed by atoms with Crippen LogP contribution in [0.25, 0.3) is 11.0 Å². The largest absolute Gasteiger partial charge is 0.478 e. The molecule has 0 unspecified atom stereocenters. The van der Waals surface area contributed by atoms with Crippen LogP contribution in [-0.2, 0) is 0 Å². The first kappa shape index (κ1) is 13.0. The van der Waals surface area contributed by atoms with E-state index in [0.717, 1.165) is 11.0 Å². The van der Waals surface area contributed by atoms with Crippen molar-refractivity contribution >= 4 is 40.4 Å². The second kappa shape index (κ2) is 5.19. The Balaban J connectivity index is 2.00. The number of carbonyl (C=O) groups is 1. The van der Waals surface area contributed by atoms with Gasteiger partial charge in [0.1, 0.15) is 0 Å². The van der Waals surface area contributed by atoms with Gasteiger partial charge in [-0.05, 0) is 30.3 Å². The molecule has 1 aromatic heterocycles. The zero-order valence-corrected chi connectivity index (χ0v) is 11.7. The maximum Gasteiger partial charge on any atom is 0.336 e. The Kier molecular flexibility index (Phi) is 3.38. The zero-order chi connectivity index (χ0) is 14.1. The highest BCUT2D eigenvalue weighted by molar-refractivity contribution is 7.99. The van der Waals surface area contributed by atoms with Crippen molar-refractivity contribution in [2.24, 2.45) is 0 Å². The Morgan fingerprint density at radius 1 is 1.25 bits per heavy atom. The molecule has 0 aliphatic rings. The molecule has 2 aromatic carbocycles. The number of hydrogen-bond donors (Lipinski definition) is 2. The highest BCUT2D eigenvalue weighted by Crippen LogP contribution is 2.31. The van der Waals surface area contributed by atoms with E-state index in [2.05, 4.69) is 9.97 Å². The number of aromatic nitrogens is 2. The van der Waals surface area contributed by atoms with E-state index in [9.17, 15) is 9.90 Å². The molecule has 0 amide bonds. The number of hydrogen-bond acceptors (Lipinski definition) is 3.